The summed E-state index contributed by atoms with van der Waals surface area (Å²) in [5, 5.41) is 110. The van der Waals surface area contributed by atoms with Gasteiger partial charge in [0.2, 0.25) is 0 Å². The summed E-state index contributed by atoms with van der Waals surface area (Å²) in [6.45, 7) is 7.37. The van der Waals surface area contributed by atoms with Crippen LogP contribution in [0.2, 0.25) is 0 Å². The lowest BCUT2D eigenvalue weighted by Gasteiger charge is -2.48. The normalized spacial score (nSPS) is 59.7. The van der Waals surface area contributed by atoms with Gasteiger partial charge in [-0.15, -0.1) is 0 Å². The van der Waals surface area contributed by atoms with Gasteiger partial charge in [-0.05, 0) is 34.6 Å². The van der Waals surface area contributed by atoms with Crippen LogP contribution in [-0.2, 0) is 47.4 Å². The first-order valence-electron chi connectivity index (χ1n) is 16.8. The summed E-state index contributed by atoms with van der Waals surface area (Å²) < 4.78 is 58.0. The zero-order valence-electron chi connectivity index (χ0n) is 28.0. The number of rotatable bonds is 0. The van der Waals surface area contributed by atoms with Crippen LogP contribution in [0.4, 0.5) is 0 Å². The van der Waals surface area contributed by atoms with Crippen molar-refractivity contribution < 1.29 is 98.4 Å². The van der Waals surface area contributed by atoms with E-state index in [0.29, 0.717) is 0 Å². The van der Waals surface area contributed by atoms with E-state index in [4.69, 9.17) is 47.4 Å². The molecule has 0 aromatic carbocycles. The molecule has 0 unspecified atom stereocenters. The molecule has 15 fully saturated rings. The number of ether oxygens (including phenoxy) is 10. The average Bonchev–Trinajstić information content (AvgIpc) is 3.06. The van der Waals surface area contributed by atoms with Crippen LogP contribution < -0.4 is 0 Å². The molecule has 50 heavy (non-hydrogen) atoms. The highest BCUT2D eigenvalue weighted by Gasteiger charge is 2.56. The Kier molecular flexibility index (Phi) is 11.8. The third-order valence-electron chi connectivity index (χ3n) is 10.3. The maximum atomic E-state index is 11.1. The van der Waals surface area contributed by atoms with Crippen molar-refractivity contribution in [1.82, 2.24) is 0 Å². The summed E-state index contributed by atoms with van der Waals surface area (Å²) >= 11 is 0. The molecule has 0 aromatic heterocycles. The van der Waals surface area contributed by atoms with Crippen LogP contribution in [0.15, 0.2) is 0 Å². The molecular formula is C30H50O20. The summed E-state index contributed by atoms with van der Waals surface area (Å²) in [5.41, 5.74) is 0. The number of aliphatic hydroxyl groups is 10. The highest BCUT2D eigenvalue weighted by Crippen LogP contribution is 2.36. The fourth-order valence-corrected chi connectivity index (χ4v) is 7.31. The Morgan fingerprint density at radius 2 is 0.360 bits per heavy atom. The zero-order chi connectivity index (χ0) is 36.5. The first-order valence-corrected chi connectivity index (χ1v) is 16.8. The fourth-order valence-electron chi connectivity index (χ4n) is 7.31. The van der Waals surface area contributed by atoms with Crippen LogP contribution in [0.25, 0.3) is 0 Å². The van der Waals surface area contributed by atoms with Gasteiger partial charge in [-0.3, -0.25) is 0 Å². The fraction of sp³-hybridized carbons (Fsp3) is 1.00. The van der Waals surface area contributed by atoms with E-state index in [1.54, 1.807) is 0 Å². The Bertz CT molecular complexity index is 941. The van der Waals surface area contributed by atoms with Gasteiger partial charge in [-0.1, -0.05) is 0 Å². The van der Waals surface area contributed by atoms with Crippen LogP contribution in [0, 0.1) is 0 Å². The quantitative estimate of drug-likeness (QED) is 0.111. The first-order chi connectivity index (χ1) is 23.5. The van der Waals surface area contributed by atoms with Crippen LogP contribution in [0.1, 0.15) is 34.6 Å². The molecule has 15 aliphatic rings. The van der Waals surface area contributed by atoms with Gasteiger partial charge >= 0.3 is 0 Å². The summed E-state index contributed by atoms with van der Waals surface area (Å²) in [4.78, 5) is 0. The largest absolute Gasteiger partial charge is 0.387 e. The van der Waals surface area contributed by atoms with Gasteiger partial charge in [-0.2, -0.15) is 0 Å². The Morgan fingerprint density at radius 3 is 0.500 bits per heavy atom. The summed E-state index contributed by atoms with van der Waals surface area (Å²) in [6, 6.07) is 0. The lowest BCUT2D eigenvalue weighted by Crippen LogP contribution is -2.66. The Morgan fingerprint density at radius 1 is 0.220 bits per heavy atom. The van der Waals surface area contributed by atoms with Gasteiger partial charge in [0.15, 0.2) is 31.5 Å². The highest BCUT2D eigenvalue weighted by atomic mass is 16.8. The second-order valence-corrected chi connectivity index (χ2v) is 14.0. The molecular weight excluding hydrogens is 680 g/mol. The zero-order valence-corrected chi connectivity index (χ0v) is 28.0. The Balaban J connectivity index is 1.29. The predicted octanol–water partition coefficient (Wildman–Crippen LogP) is -5.74. The minimum atomic E-state index is -1.79. The van der Waals surface area contributed by atoms with Crippen molar-refractivity contribution in [3.05, 3.63) is 0 Å². The lowest BCUT2D eigenvalue weighted by atomic mass is 9.96. The van der Waals surface area contributed by atoms with E-state index in [9.17, 15) is 51.1 Å². The third-order valence-corrected chi connectivity index (χ3v) is 10.3. The molecule has 10 bridgehead atoms. The molecule has 10 N–H and O–H groups in total. The molecule has 20 nitrogen and oxygen atoms in total. The molecule has 290 valence electrons. The maximum absolute atomic E-state index is 11.1. The first kappa shape index (κ1) is 38.9. The maximum Gasteiger partial charge on any atom is 0.187 e. The van der Waals surface area contributed by atoms with Crippen molar-refractivity contribution in [2.75, 3.05) is 0 Å². The smallest absolute Gasteiger partial charge is 0.187 e. The van der Waals surface area contributed by atoms with Gasteiger partial charge in [0.25, 0.3) is 0 Å². The molecule has 15 saturated heterocycles. The molecule has 20 heteroatoms. The molecule has 25 atom stereocenters. The molecule has 0 spiro atoms. The predicted molar refractivity (Wildman–Crippen MR) is 156 cm³/mol. The lowest BCUT2D eigenvalue weighted by molar-refractivity contribution is -0.382. The summed E-state index contributed by atoms with van der Waals surface area (Å²) in [7, 11) is 0. The Labute approximate surface area is 286 Å². The Hall–Kier alpha value is -0.800. The number of aliphatic hydroxyl groups excluding tert-OH is 10. The number of hydrogen-bond acceptors (Lipinski definition) is 20. The highest BCUT2D eigenvalue weighted by molar-refractivity contribution is 4.98. The second-order valence-electron chi connectivity index (χ2n) is 14.0. The average molecular weight is 731 g/mol. The standard InChI is InChI=1S/C30H50O20/c1-6-21-11(31)16(36)26(41-6)47-22-7(2)43-28(18(38)13(22)33)49-24-9(4)45-30(20(40)15(24)35)50-25-10(5)44-29(19(39)14(25)34)48-23-8(3)42-27(46-21)17(37)12(23)32/h6-40H,1-5H3/t6-,7-,8-,9-,10-,11-,12-,13-,14-,15-,16-,17-,18-,19-,20-,21+,22+,23+,24+,25+,26-,27-,28-,29-,30-/m0/s1. The van der Waals surface area contributed by atoms with E-state index in [1.165, 1.54) is 34.6 Å². The van der Waals surface area contributed by atoms with Crippen molar-refractivity contribution in [2.24, 2.45) is 0 Å². The third kappa shape index (κ3) is 7.09. The SMILES string of the molecule is C[C@@H]1O[C@H]2O[C@H]3[C@@H](O)[C@H](O)[C@H](O[C@H]4[C@@H](O)[C@H](O)[C@H](O[C@H]5[C@@H](O)[C@H](O)[C@H](O[C@H]6[C@@H](O)[C@H](O)[C@H](O[C@H]1[C@@H](O)[C@@H]2O)O[C@H]6C)O[C@H]5C)O[C@H]4C)O[C@H]3C. The van der Waals surface area contributed by atoms with Gasteiger partial charge in [0.05, 0.1) is 30.5 Å². The van der Waals surface area contributed by atoms with Crippen LogP contribution in [0.5, 0.6) is 0 Å². The molecule has 0 radical (unpaired) electrons. The topological polar surface area (TPSA) is 295 Å². The van der Waals surface area contributed by atoms with E-state index >= 15 is 0 Å². The van der Waals surface area contributed by atoms with Gasteiger partial charge in [0.1, 0.15) is 91.6 Å². The van der Waals surface area contributed by atoms with Crippen molar-refractivity contribution in [3.8, 4) is 0 Å². The number of hydrogen-bond donors (Lipinski definition) is 10. The molecule has 15 aliphatic heterocycles. The van der Waals surface area contributed by atoms with E-state index in [2.05, 4.69) is 0 Å². The van der Waals surface area contributed by atoms with E-state index in [1.807, 2.05) is 0 Å². The molecule has 15 heterocycles. The van der Waals surface area contributed by atoms with Gasteiger partial charge in [-0.25, -0.2) is 0 Å². The van der Waals surface area contributed by atoms with E-state index < -0.39 is 154 Å². The summed E-state index contributed by atoms with van der Waals surface area (Å²) in [6.07, 6.45) is -37.1. The molecule has 15 rings (SSSR count). The molecule has 0 saturated carbocycles. The minimum Gasteiger partial charge on any atom is -0.387 e. The van der Waals surface area contributed by atoms with Crippen LogP contribution >= 0.6 is 0 Å². The molecule has 0 amide bonds. The van der Waals surface area contributed by atoms with Gasteiger partial charge < -0.3 is 98.4 Å². The van der Waals surface area contributed by atoms with Gasteiger partial charge in [0, 0.05) is 0 Å². The van der Waals surface area contributed by atoms with Crippen molar-refractivity contribution in [1.29, 1.82) is 0 Å². The second kappa shape index (κ2) is 15.1. The summed E-state index contributed by atoms with van der Waals surface area (Å²) in [5.74, 6) is 0. The monoisotopic (exact) mass is 730 g/mol. The van der Waals surface area contributed by atoms with Crippen molar-refractivity contribution >= 4 is 0 Å². The van der Waals surface area contributed by atoms with Crippen LogP contribution in [0.3, 0.4) is 0 Å². The van der Waals surface area contributed by atoms with Crippen molar-refractivity contribution in [2.45, 2.75) is 188 Å². The van der Waals surface area contributed by atoms with E-state index in [-0.39, 0.29) is 0 Å². The van der Waals surface area contributed by atoms with Crippen LogP contribution in [-0.4, -0.2) is 205 Å². The molecule has 0 aliphatic carbocycles. The molecule has 0 aromatic rings. The van der Waals surface area contributed by atoms with E-state index in [0.717, 1.165) is 0 Å². The minimum absolute atomic E-state index is 1.03. The van der Waals surface area contributed by atoms with Crippen molar-refractivity contribution in [3.63, 3.8) is 0 Å².